The lowest BCUT2D eigenvalue weighted by atomic mass is 10.1. The Morgan fingerprint density at radius 3 is 2.48 bits per heavy atom. The summed E-state index contributed by atoms with van der Waals surface area (Å²) in [6, 6.07) is 8.78. The van der Waals surface area contributed by atoms with E-state index in [4.69, 9.17) is 9.84 Å². The summed E-state index contributed by atoms with van der Waals surface area (Å²) < 4.78 is 5.41. The fraction of sp³-hybridized carbons (Fsp3) is 0.529. The van der Waals surface area contributed by atoms with Gasteiger partial charge in [0.25, 0.3) is 5.91 Å². The van der Waals surface area contributed by atoms with Gasteiger partial charge in [-0.25, -0.2) is 4.79 Å². The predicted octanol–water partition coefficient (Wildman–Crippen LogP) is 0.346. The van der Waals surface area contributed by atoms with Crippen LogP contribution in [0.2, 0.25) is 0 Å². The van der Waals surface area contributed by atoms with Crippen LogP contribution in [0.25, 0.3) is 0 Å². The third kappa shape index (κ3) is 7.25. The van der Waals surface area contributed by atoms with Crippen LogP contribution in [0.5, 0.6) is 0 Å². The Hall–Kier alpha value is -1.92. The first-order valence-corrected chi connectivity index (χ1v) is 7.80. The van der Waals surface area contributed by atoms with Gasteiger partial charge in [-0.2, -0.15) is 0 Å². The van der Waals surface area contributed by atoms with Gasteiger partial charge in [0.15, 0.2) is 6.54 Å². The summed E-state index contributed by atoms with van der Waals surface area (Å²) in [5, 5.41) is 11.8. The molecule has 1 rings (SSSR count). The summed E-state index contributed by atoms with van der Waals surface area (Å²) in [5.41, 5.74) is 0.954. The number of likely N-dealkylation sites (N-methyl/N-ethyl adjacent to an activating group) is 1. The zero-order chi connectivity index (χ0) is 17.3. The molecule has 0 bridgehead atoms. The molecule has 1 aromatic rings. The monoisotopic (exact) mass is 323 g/mol. The van der Waals surface area contributed by atoms with Crippen LogP contribution in [-0.2, 0) is 20.7 Å². The first-order chi connectivity index (χ1) is 10.9. The number of aliphatic hydroxyl groups excluding tert-OH is 1. The SMILES string of the molecule is CCOC(=O)[C@H](Cc1ccccc1)NC(=O)C[N+](C)(C)CCO. The van der Waals surface area contributed by atoms with E-state index in [9.17, 15) is 9.59 Å². The lowest BCUT2D eigenvalue weighted by molar-refractivity contribution is -0.882. The summed E-state index contributed by atoms with van der Waals surface area (Å²) >= 11 is 0. The Balaban J connectivity index is 2.72. The number of carbonyl (C=O) groups excluding carboxylic acids is 2. The van der Waals surface area contributed by atoms with Crippen LogP contribution in [0, 0.1) is 0 Å². The summed E-state index contributed by atoms with van der Waals surface area (Å²) in [4.78, 5) is 24.3. The van der Waals surface area contributed by atoms with E-state index in [1.165, 1.54) is 0 Å². The summed E-state index contributed by atoms with van der Waals surface area (Å²) in [6.45, 7) is 2.67. The minimum absolute atomic E-state index is 0.00556. The topological polar surface area (TPSA) is 75.6 Å². The fourth-order valence-corrected chi connectivity index (χ4v) is 2.26. The number of aliphatic hydroxyl groups is 1. The molecule has 0 aliphatic carbocycles. The van der Waals surface area contributed by atoms with E-state index in [-0.39, 0.29) is 25.7 Å². The van der Waals surface area contributed by atoms with Crippen LogP contribution in [0.4, 0.5) is 0 Å². The summed E-state index contributed by atoms with van der Waals surface area (Å²) in [7, 11) is 3.71. The highest BCUT2D eigenvalue weighted by atomic mass is 16.5. The van der Waals surface area contributed by atoms with Gasteiger partial charge in [0.1, 0.15) is 12.6 Å². The molecule has 1 aromatic carbocycles. The van der Waals surface area contributed by atoms with Crippen molar-refractivity contribution in [1.29, 1.82) is 0 Å². The van der Waals surface area contributed by atoms with Crippen LogP contribution in [0.1, 0.15) is 12.5 Å². The number of ether oxygens (including phenoxy) is 1. The highest BCUT2D eigenvalue weighted by Gasteiger charge is 2.26. The van der Waals surface area contributed by atoms with Gasteiger partial charge in [-0.15, -0.1) is 0 Å². The zero-order valence-corrected chi connectivity index (χ0v) is 14.1. The van der Waals surface area contributed by atoms with E-state index < -0.39 is 12.0 Å². The highest BCUT2D eigenvalue weighted by molar-refractivity contribution is 5.85. The van der Waals surface area contributed by atoms with Gasteiger partial charge in [0.2, 0.25) is 0 Å². The lowest BCUT2D eigenvalue weighted by Crippen LogP contribution is -2.52. The van der Waals surface area contributed by atoms with Crippen molar-refractivity contribution >= 4 is 11.9 Å². The molecule has 23 heavy (non-hydrogen) atoms. The van der Waals surface area contributed by atoms with Crippen molar-refractivity contribution in [3.05, 3.63) is 35.9 Å². The van der Waals surface area contributed by atoms with Gasteiger partial charge in [-0.3, -0.25) is 4.79 Å². The average molecular weight is 323 g/mol. The van der Waals surface area contributed by atoms with Crippen molar-refractivity contribution in [2.75, 3.05) is 40.4 Å². The van der Waals surface area contributed by atoms with E-state index in [2.05, 4.69) is 5.32 Å². The zero-order valence-electron chi connectivity index (χ0n) is 14.1. The smallest absolute Gasteiger partial charge is 0.328 e. The quantitative estimate of drug-likeness (QED) is 0.508. The maximum atomic E-state index is 12.2. The Kier molecular flexibility index (Phi) is 7.71. The third-order valence-electron chi connectivity index (χ3n) is 3.47. The maximum Gasteiger partial charge on any atom is 0.328 e. The Morgan fingerprint density at radius 2 is 1.91 bits per heavy atom. The Bertz CT molecular complexity index is 503. The first-order valence-electron chi connectivity index (χ1n) is 7.80. The molecule has 0 aliphatic rings. The van der Waals surface area contributed by atoms with Crippen LogP contribution in [0.3, 0.4) is 0 Å². The number of amides is 1. The summed E-state index contributed by atoms with van der Waals surface area (Å²) in [5.74, 6) is -0.672. The number of quaternary nitrogens is 1. The van der Waals surface area contributed by atoms with E-state index >= 15 is 0 Å². The van der Waals surface area contributed by atoms with Gasteiger partial charge < -0.3 is 19.6 Å². The lowest BCUT2D eigenvalue weighted by Gasteiger charge is -2.28. The number of hydrogen-bond donors (Lipinski definition) is 2. The summed E-state index contributed by atoms with van der Waals surface area (Å²) in [6.07, 6.45) is 0.388. The number of benzene rings is 1. The number of nitrogens with one attached hydrogen (secondary N) is 1. The highest BCUT2D eigenvalue weighted by Crippen LogP contribution is 2.05. The third-order valence-corrected chi connectivity index (χ3v) is 3.47. The molecule has 6 heteroatoms. The fourth-order valence-electron chi connectivity index (χ4n) is 2.26. The molecule has 2 N–H and O–H groups in total. The van der Waals surface area contributed by atoms with E-state index in [0.717, 1.165) is 5.56 Å². The van der Waals surface area contributed by atoms with Crippen molar-refractivity contribution < 1.29 is 23.9 Å². The second kappa shape index (κ2) is 9.27. The molecule has 128 valence electrons. The molecule has 0 radical (unpaired) electrons. The van der Waals surface area contributed by atoms with Crippen LogP contribution < -0.4 is 5.32 Å². The number of nitrogens with zero attached hydrogens (tertiary/aromatic N) is 1. The molecule has 0 aliphatic heterocycles. The molecule has 0 heterocycles. The van der Waals surface area contributed by atoms with Gasteiger partial charge in [0.05, 0.1) is 27.3 Å². The minimum atomic E-state index is -0.709. The van der Waals surface area contributed by atoms with Gasteiger partial charge in [0, 0.05) is 6.42 Å². The molecular weight excluding hydrogens is 296 g/mol. The minimum Gasteiger partial charge on any atom is -0.464 e. The average Bonchev–Trinajstić information content (AvgIpc) is 2.47. The number of esters is 1. The molecule has 0 unspecified atom stereocenters. The molecule has 1 amide bonds. The standard InChI is InChI=1S/C17H26N2O4/c1-4-23-17(22)15(12-14-8-6-5-7-9-14)18-16(21)13-19(2,3)10-11-20/h5-9,15,20H,4,10-13H2,1-3H3/p+1/t15-/m0/s1. The number of carbonyl (C=O) groups is 2. The molecule has 0 saturated carbocycles. The first kappa shape index (κ1) is 19.1. The molecule has 0 aromatic heterocycles. The second-order valence-corrected chi connectivity index (χ2v) is 6.10. The molecule has 1 atom stereocenters. The van der Waals surface area contributed by atoms with E-state index in [1.54, 1.807) is 6.92 Å². The Morgan fingerprint density at radius 1 is 1.26 bits per heavy atom. The molecule has 0 fully saturated rings. The van der Waals surface area contributed by atoms with Gasteiger partial charge in [-0.05, 0) is 12.5 Å². The van der Waals surface area contributed by atoms with Crippen molar-refractivity contribution in [1.82, 2.24) is 5.32 Å². The van der Waals surface area contributed by atoms with Crippen molar-refractivity contribution in [3.63, 3.8) is 0 Å². The molecule has 6 nitrogen and oxygen atoms in total. The predicted molar refractivity (Wildman–Crippen MR) is 87.6 cm³/mol. The van der Waals surface area contributed by atoms with Crippen LogP contribution >= 0.6 is 0 Å². The van der Waals surface area contributed by atoms with Gasteiger partial charge in [-0.1, -0.05) is 30.3 Å². The normalized spacial score (nSPS) is 12.5. The maximum absolute atomic E-state index is 12.2. The molecular formula is C17H27N2O4+. The van der Waals surface area contributed by atoms with E-state index in [0.29, 0.717) is 17.4 Å². The van der Waals surface area contributed by atoms with Gasteiger partial charge >= 0.3 is 5.97 Å². The van der Waals surface area contributed by atoms with Crippen molar-refractivity contribution in [3.8, 4) is 0 Å². The molecule has 0 spiro atoms. The van der Waals surface area contributed by atoms with Crippen LogP contribution in [0.15, 0.2) is 30.3 Å². The Labute approximate surface area is 137 Å². The number of hydrogen-bond acceptors (Lipinski definition) is 4. The largest absolute Gasteiger partial charge is 0.464 e. The van der Waals surface area contributed by atoms with Crippen molar-refractivity contribution in [2.24, 2.45) is 0 Å². The molecule has 0 saturated heterocycles. The second-order valence-electron chi connectivity index (χ2n) is 6.10. The number of rotatable bonds is 9. The van der Waals surface area contributed by atoms with E-state index in [1.807, 2.05) is 44.4 Å². The van der Waals surface area contributed by atoms with Crippen LogP contribution in [-0.4, -0.2) is 67.9 Å². The van der Waals surface area contributed by atoms with Crippen molar-refractivity contribution in [2.45, 2.75) is 19.4 Å².